The van der Waals surface area contributed by atoms with Crippen LogP contribution in [0.2, 0.25) is 0 Å². The number of carbonyl (C=O) groups excluding carboxylic acids is 2. The van der Waals surface area contributed by atoms with Gasteiger partial charge in [-0.1, -0.05) is 0 Å². The number of allylic oxidation sites excluding steroid dienone is 1. The van der Waals surface area contributed by atoms with Crippen LogP contribution in [0.15, 0.2) is 11.6 Å². The summed E-state index contributed by atoms with van der Waals surface area (Å²) < 4.78 is 0. The lowest BCUT2D eigenvalue weighted by molar-refractivity contribution is -0.136. The lowest BCUT2D eigenvalue weighted by atomic mass is 9.84. The van der Waals surface area contributed by atoms with E-state index < -0.39 is 11.4 Å². The van der Waals surface area contributed by atoms with Gasteiger partial charge in [-0.25, -0.2) is 0 Å². The average Bonchev–Trinajstić information content (AvgIpc) is 1.84. The predicted molar refractivity (Wildman–Crippen MR) is 39.0 cm³/mol. The number of aliphatic hydroxyl groups is 1. The molecular weight excluding hydrogens is 144 g/mol. The third-order valence-corrected chi connectivity index (χ3v) is 2.02. The fraction of sp³-hybridized carbons (Fsp3) is 0.500. The van der Waals surface area contributed by atoms with Gasteiger partial charge in [-0.05, 0) is 25.5 Å². The van der Waals surface area contributed by atoms with Gasteiger partial charge in [0.15, 0.2) is 11.6 Å². The first-order chi connectivity index (χ1) is 4.94. The molecule has 3 nitrogen and oxygen atoms in total. The first-order valence-corrected chi connectivity index (χ1v) is 3.42. The molecule has 0 radical (unpaired) electrons. The van der Waals surface area contributed by atoms with Crippen molar-refractivity contribution in [2.75, 3.05) is 0 Å². The van der Waals surface area contributed by atoms with Crippen LogP contribution in [0.5, 0.6) is 0 Å². The van der Waals surface area contributed by atoms with Crippen LogP contribution in [0.1, 0.15) is 20.3 Å². The monoisotopic (exact) mass is 154 g/mol. The first kappa shape index (κ1) is 8.14. The summed E-state index contributed by atoms with van der Waals surface area (Å²) in [4.78, 5) is 21.8. The highest BCUT2D eigenvalue weighted by atomic mass is 16.3. The van der Waals surface area contributed by atoms with Crippen LogP contribution >= 0.6 is 0 Å². The summed E-state index contributed by atoms with van der Waals surface area (Å²) in [6.45, 7) is 2.99. The van der Waals surface area contributed by atoms with Crippen LogP contribution < -0.4 is 0 Å². The van der Waals surface area contributed by atoms with Crippen molar-refractivity contribution < 1.29 is 14.7 Å². The van der Waals surface area contributed by atoms with Gasteiger partial charge in [0.2, 0.25) is 0 Å². The Morgan fingerprint density at radius 3 is 2.55 bits per heavy atom. The summed E-state index contributed by atoms with van der Waals surface area (Å²) in [6.07, 6.45) is 1.14. The van der Waals surface area contributed by atoms with Gasteiger partial charge in [-0.3, -0.25) is 9.59 Å². The Hall–Kier alpha value is -0.960. The maximum Gasteiger partial charge on any atom is 0.175 e. The fourth-order valence-corrected chi connectivity index (χ4v) is 0.983. The standard InChI is InChI=1S/C8H10O3/c1-5-3-6(9)4-7(10)8(5,2)11/h3,11H,4H2,1-2H3. The number of carbonyl (C=O) groups is 2. The molecule has 0 amide bonds. The molecule has 3 heteroatoms. The van der Waals surface area contributed by atoms with Crippen molar-refractivity contribution in [2.45, 2.75) is 25.9 Å². The number of hydrogen-bond acceptors (Lipinski definition) is 3. The molecular formula is C8H10O3. The second kappa shape index (κ2) is 2.27. The van der Waals surface area contributed by atoms with Crippen molar-refractivity contribution in [1.82, 2.24) is 0 Å². The van der Waals surface area contributed by atoms with Gasteiger partial charge < -0.3 is 5.11 Å². The average molecular weight is 154 g/mol. The molecule has 1 atom stereocenters. The number of ketones is 2. The van der Waals surface area contributed by atoms with Crippen LogP contribution in [0.4, 0.5) is 0 Å². The lowest BCUT2D eigenvalue weighted by Gasteiger charge is -2.25. The molecule has 1 aliphatic carbocycles. The molecule has 0 aromatic carbocycles. The maximum absolute atomic E-state index is 11.0. The molecule has 1 aliphatic rings. The van der Waals surface area contributed by atoms with E-state index in [1.807, 2.05) is 0 Å². The topological polar surface area (TPSA) is 54.4 Å². The van der Waals surface area contributed by atoms with Crippen molar-refractivity contribution in [3.8, 4) is 0 Å². The summed E-state index contributed by atoms with van der Waals surface area (Å²) in [6, 6.07) is 0. The lowest BCUT2D eigenvalue weighted by Crippen LogP contribution is -2.40. The summed E-state index contributed by atoms with van der Waals surface area (Å²) >= 11 is 0. The van der Waals surface area contributed by atoms with Gasteiger partial charge in [-0.15, -0.1) is 0 Å². The second-order valence-electron chi connectivity index (χ2n) is 2.97. The molecule has 0 aliphatic heterocycles. The maximum atomic E-state index is 11.0. The third-order valence-electron chi connectivity index (χ3n) is 2.02. The minimum Gasteiger partial charge on any atom is -0.378 e. The quantitative estimate of drug-likeness (QED) is 0.508. The molecule has 1 rings (SSSR count). The zero-order chi connectivity index (χ0) is 8.65. The second-order valence-corrected chi connectivity index (χ2v) is 2.97. The highest BCUT2D eigenvalue weighted by Gasteiger charge is 2.36. The van der Waals surface area contributed by atoms with Gasteiger partial charge in [0.1, 0.15) is 5.60 Å². The predicted octanol–water partition coefficient (Wildman–Crippen LogP) is 0.226. The van der Waals surface area contributed by atoms with Crippen LogP contribution in [0.3, 0.4) is 0 Å². The third kappa shape index (κ3) is 1.24. The van der Waals surface area contributed by atoms with Crippen molar-refractivity contribution in [2.24, 2.45) is 0 Å². The van der Waals surface area contributed by atoms with Crippen molar-refractivity contribution in [3.05, 3.63) is 11.6 Å². The van der Waals surface area contributed by atoms with Gasteiger partial charge in [0.25, 0.3) is 0 Å². The highest BCUT2D eigenvalue weighted by Crippen LogP contribution is 2.23. The van der Waals surface area contributed by atoms with E-state index in [1.165, 1.54) is 13.0 Å². The Bertz CT molecular complexity index is 248. The van der Waals surface area contributed by atoms with Gasteiger partial charge in [0, 0.05) is 0 Å². The highest BCUT2D eigenvalue weighted by molar-refractivity contribution is 6.12. The summed E-state index contributed by atoms with van der Waals surface area (Å²) in [5.41, 5.74) is -0.993. The Balaban J connectivity index is 3.09. The molecule has 0 bridgehead atoms. The van der Waals surface area contributed by atoms with E-state index in [2.05, 4.69) is 0 Å². The Morgan fingerprint density at radius 2 is 2.09 bits per heavy atom. The van der Waals surface area contributed by atoms with Crippen molar-refractivity contribution in [1.29, 1.82) is 0 Å². The van der Waals surface area contributed by atoms with E-state index in [1.54, 1.807) is 6.92 Å². The molecule has 1 unspecified atom stereocenters. The molecule has 1 N–H and O–H groups in total. The van der Waals surface area contributed by atoms with E-state index in [4.69, 9.17) is 0 Å². The minimum atomic E-state index is -1.42. The molecule has 0 saturated carbocycles. The van der Waals surface area contributed by atoms with Crippen LogP contribution in [0.25, 0.3) is 0 Å². The molecule has 0 saturated heterocycles. The van der Waals surface area contributed by atoms with Crippen LogP contribution in [-0.2, 0) is 9.59 Å². The largest absolute Gasteiger partial charge is 0.378 e. The zero-order valence-corrected chi connectivity index (χ0v) is 6.55. The summed E-state index contributed by atoms with van der Waals surface area (Å²) in [5, 5.41) is 9.46. The molecule has 0 aromatic rings. The van der Waals surface area contributed by atoms with Crippen molar-refractivity contribution in [3.63, 3.8) is 0 Å². The van der Waals surface area contributed by atoms with E-state index in [9.17, 15) is 14.7 Å². The van der Waals surface area contributed by atoms with Crippen LogP contribution in [0, 0.1) is 0 Å². The number of rotatable bonds is 0. The minimum absolute atomic E-state index is 0.176. The number of Topliss-reactive ketones (excluding diaryl/α,β-unsaturated/α-hetero) is 1. The summed E-state index contributed by atoms with van der Waals surface area (Å²) in [5.74, 6) is -0.637. The van der Waals surface area contributed by atoms with Crippen molar-refractivity contribution >= 4 is 11.6 Å². The molecule has 0 fully saturated rings. The molecule has 0 aromatic heterocycles. The van der Waals surface area contributed by atoms with Gasteiger partial charge in [0.05, 0.1) is 6.42 Å². The Labute approximate surface area is 64.7 Å². The zero-order valence-electron chi connectivity index (χ0n) is 6.55. The number of hydrogen-bond donors (Lipinski definition) is 1. The van der Waals surface area contributed by atoms with E-state index in [-0.39, 0.29) is 12.2 Å². The van der Waals surface area contributed by atoms with Gasteiger partial charge >= 0.3 is 0 Å². The first-order valence-electron chi connectivity index (χ1n) is 3.42. The normalized spacial score (nSPS) is 32.1. The Morgan fingerprint density at radius 1 is 1.55 bits per heavy atom. The van der Waals surface area contributed by atoms with E-state index >= 15 is 0 Å². The Kier molecular flexibility index (Phi) is 1.68. The molecule has 0 spiro atoms. The SMILES string of the molecule is CC1=CC(=O)CC(=O)C1(C)O. The van der Waals surface area contributed by atoms with Crippen LogP contribution in [-0.4, -0.2) is 22.3 Å². The smallest absolute Gasteiger partial charge is 0.175 e. The molecule has 60 valence electrons. The summed E-state index contributed by atoms with van der Waals surface area (Å²) in [7, 11) is 0. The van der Waals surface area contributed by atoms with Gasteiger partial charge in [-0.2, -0.15) is 0 Å². The van der Waals surface area contributed by atoms with E-state index in [0.29, 0.717) is 5.57 Å². The van der Waals surface area contributed by atoms with E-state index in [0.717, 1.165) is 0 Å². The molecule has 11 heavy (non-hydrogen) atoms. The fourth-order valence-electron chi connectivity index (χ4n) is 0.983. The molecule has 0 heterocycles.